The van der Waals surface area contributed by atoms with E-state index in [2.05, 4.69) is 5.32 Å². The molecule has 0 aromatic heterocycles. The van der Waals surface area contributed by atoms with Crippen LogP contribution in [0.15, 0.2) is 0 Å². The fraction of sp³-hybridized carbons (Fsp3) is 1.00. The lowest BCUT2D eigenvalue weighted by molar-refractivity contribution is 0.0662. The van der Waals surface area contributed by atoms with E-state index in [1.165, 1.54) is 0 Å². The van der Waals surface area contributed by atoms with Gasteiger partial charge in [0.1, 0.15) is 12.4 Å². The smallest absolute Gasteiger partial charge is 0.110 e. The molecule has 2 aliphatic rings. The molecule has 4 heteroatoms. The van der Waals surface area contributed by atoms with Crippen LogP contribution in [-0.4, -0.2) is 34.8 Å². The molecular weight excluding hydrogens is 209 g/mol. The summed E-state index contributed by atoms with van der Waals surface area (Å²) in [7, 11) is 0. The highest BCUT2D eigenvalue weighted by Crippen LogP contribution is 2.32. The van der Waals surface area contributed by atoms with Gasteiger partial charge < -0.3 is 10.2 Å². The first-order chi connectivity index (χ1) is 7.58. The average molecular weight is 231 g/mol. The highest BCUT2D eigenvalue weighted by atomic mass is 19.1. The summed E-state index contributed by atoms with van der Waals surface area (Å²) in [6.07, 6.45) is 2.30. The fourth-order valence-electron chi connectivity index (χ4n) is 2.95. The van der Waals surface area contributed by atoms with E-state index >= 15 is 0 Å². The predicted octanol–water partition coefficient (Wildman–Crippen LogP) is 1.19. The molecule has 3 N–H and O–H groups in total. The molecule has 0 spiro atoms. The molecule has 3 unspecified atom stereocenters. The normalized spacial score (nSPS) is 49.5. The zero-order chi connectivity index (χ0) is 11.7. The number of hydrogen-bond acceptors (Lipinski definition) is 3. The minimum Gasteiger partial charge on any atom is -0.391 e. The van der Waals surface area contributed by atoms with Crippen LogP contribution >= 0.6 is 0 Å². The van der Waals surface area contributed by atoms with Crippen molar-refractivity contribution in [1.29, 1.82) is 0 Å². The molecule has 94 valence electrons. The summed E-state index contributed by atoms with van der Waals surface area (Å²) in [5.74, 6) is 0.388. The fourth-order valence-corrected chi connectivity index (χ4v) is 2.95. The van der Waals surface area contributed by atoms with E-state index in [1.54, 1.807) is 0 Å². The maximum absolute atomic E-state index is 13.0. The Hall–Kier alpha value is -0.190. The van der Waals surface area contributed by atoms with Gasteiger partial charge in [-0.2, -0.15) is 0 Å². The lowest BCUT2D eigenvalue weighted by Crippen LogP contribution is -2.35. The van der Waals surface area contributed by atoms with Gasteiger partial charge in [0, 0.05) is 12.0 Å². The quantitative estimate of drug-likeness (QED) is 0.669. The largest absolute Gasteiger partial charge is 0.391 e. The summed E-state index contributed by atoms with van der Waals surface area (Å²) in [4.78, 5) is 0. The number of rotatable bonds is 2. The zero-order valence-corrected chi connectivity index (χ0v) is 9.77. The lowest BCUT2D eigenvalue weighted by Gasteiger charge is -2.27. The van der Waals surface area contributed by atoms with E-state index in [1.807, 2.05) is 6.92 Å². The van der Waals surface area contributed by atoms with Gasteiger partial charge in [-0.3, -0.25) is 5.32 Å². The van der Waals surface area contributed by atoms with E-state index in [0.717, 1.165) is 19.3 Å². The summed E-state index contributed by atoms with van der Waals surface area (Å²) >= 11 is 0. The second-order valence-corrected chi connectivity index (χ2v) is 5.42. The molecule has 4 atom stereocenters. The first-order valence-electron chi connectivity index (χ1n) is 6.34. The lowest BCUT2D eigenvalue weighted by atomic mass is 9.83. The van der Waals surface area contributed by atoms with Crippen LogP contribution in [0.1, 0.15) is 39.0 Å². The molecule has 1 heterocycles. The van der Waals surface area contributed by atoms with Crippen LogP contribution in [0, 0.1) is 11.8 Å². The summed E-state index contributed by atoms with van der Waals surface area (Å²) in [6.45, 7) is 1.85. The SMILES string of the molecule is C[C@H]1C(O)NC(CC2CCC(F)CC2)C1O. The van der Waals surface area contributed by atoms with Crippen molar-refractivity contribution in [1.82, 2.24) is 5.32 Å². The highest BCUT2D eigenvalue weighted by Gasteiger charge is 2.39. The minimum absolute atomic E-state index is 0.0221. The van der Waals surface area contributed by atoms with Gasteiger partial charge in [0.25, 0.3) is 0 Å². The molecule has 0 aromatic rings. The van der Waals surface area contributed by atoms with Crippen LogP contribution in [0.4, 0.5) is 4.39 Å². The van der Waals surface area contributed by atoms with E-state index in [9.17, 15) is 14.6 Å². The van der Waals surface area contributed by atoms with Crippen LogP contribution < -0.4 is 5.32 Å². The van der Waals surface area contributed by atoms with Crippen molar-refractivity contribution in [2.75, 3.05) is 0 Å². The molecule has 3 nitrogen and oxygen atoms in total. The third-order valence-corrected chi connectivity index (χ3v) is 4.20. The van der Waals surface area contributed by atoms with Gasteiger partial charge in [0.05, 0.1) is 6.10 Å². The summed E-state index contributed by atoms with van der Waals surface area (Å²) in [5, 5.41) is 22.5. The van der Waals surface area contributed by atoms with E-state index in [0.29, 0.717) is 18.8 Å². The van der Waals surface area contributed by atoms with Gasteiger partial charge in [-0.1, -0.05) is 6.92 Å². The predicted molar refractivity (Wildman–Crippen MR) is 59.6 cm³/mol. The van der Waals surface area contributed by atoms with Crippen molar-refractivity contribution in [2.24, 2.45) is 11.8 Å². The number of halogens is 1. The Balaban J connectivity index is 1.82. The van der Waals surface area contributed by atoms with Crippen LogP contribution in [0.3, 0.4) is 0 Å². The molecule has 1 aliphatic heterocycles. The molecule has 0 amide bonds. The van der Waals surface area contributed by atoms with Crippen molar-refractivity contribution in [3.63, 3.8) is 0 Å². The molecule has 1 saturated carbocycles. The Morgan fingerprint density at radius 3 is 2.31 bits per heavy atom. The van der Waals surface area contributed by atoms with Gasteiger partial charge in [-0.15, -0.1) is 0 Å². The third kappa shape index (κ3) is 2.55. The number of aliphatic hydroxyl groups excluding tert-OH is 2. The van der Waals surface area contributed by atoms with Crippen molar-refractivity contribution >= 4 is 0 Å². The van der Waals surface area contributed by atoms with E-state index < -0.39 is 18.5 Å². The first kappa shape index (κ1) is 12.3. The average Bonchev–Trinajstić information content (AvgIpc) is 2.50. The Kier molecular flexibility index (Phi) is 3.82. The molecule has 1 saturated heterocycles. The molecule has 1 aliphatic carbocycles. The highest BCUT2D eigenvalue weighted by molar-refractivity contribution is 4.92. The van der Waals surface area contributed by atoms with E-state index in [4.69, 9.17) is 0 Å². The molecule has 0 aromatic carbocycles. The Morgan fingerprint density at radius 2 is 1.81 bits per heavy atom. The summed E-state index contributed by atoms with van der Waals surface area (Å²) in [6, 6.07) is -0.0221. The minimum atomic E-state index is -0.623. The number of nitrogens with one attached hydrogen (secondary N) is 1. The number of hydrogen-bond donors (Lipinski definition) is 3. The molecule has 0 bridgehead atoms. The monoisotopic (exact) mass is 231 g/mol. The number of alkyl halides is 1. The van der Waals surface area contributed by atoms with Crippen molar-refractivity contribution < 1.29 is 14.6 Å². The Morgan fingerprint density at radius 1 is 1.19 bits per heavy atom. The van der Waals surface area contributed by atoms with Gasteiger partial charge in [0.2, 0.25) is 0 Å². The molecular formula is C12H22FNO2. The van der Waals surface area contributed by atoms with Crippen molar-refractivity contribution in [2.45, 2.75) is 63.6 Å². The maximum Gasteiger partial charge on any atom is 0.110 e. The summed E-state index contributed by atoms with van der Waals surface area (Å²) < 4.78 is 13.0. The molecule has 0 radical (unpaired) electrons. The summed E-state index contributed by atoms with van der Waals surface area (Å²) in [5.41, 5.74) is 0. The van der Waals surface area contributed by atoms with Crippen LogP contribution in [0.2, 0.25) is 0 Å². The zero-order valence-electron chi connectivity index (χ0n) is 9.77. The topological polar surface area (TPSA) is 52.5 Å². The number of aliphatic hydroxyl groups is 2. The molecule has 16 heavy (non-hydrogen) atoms. The van der Waals surface area contributed by atoms with E-state index in [-0.39, 0.29) is 12.0 Å². The first-order valence-corrected chi connectivity index (χ1v) is 6.34. The van der Waals surface area contributed by atoms with Crippen LogP contribution in [0.5, 0.6) is 0 Å². The van der Waals surface area contributed by atoms with Gasteiger partial charge in [-0.05, 0) is 38.0 Å². The van der Waals surface area contributed by atoms with Gasteiger partial charge in [0.15, 0.2) is 0 Å². The molecule has 2 rings (SSSR count). The van der Waals surface area contributed by atoms with Gasteiger partial charge in [-0.25, -0.2) is 4.39 Å². The van der Waals surface area contributed by atoms with Crippen molar-refractivity contribution in [3.05, 3.63) is 0 Å². The second kappa shape index (κ2) is 4.98. The third-order valence-electron chi connectivity index (χ3n) is 4.20. The Labute approximate surface area is 96.0 Å². The Bertz CT molecular complexity index is 231. The van der Waals surface area contributed by atoms with Gasteiger partial charge >= 0.3 is 0 Å². The molecule has 2 fully saturated rings. The van der Waals surface area contributed by atoms with Crippen LogP contribution in [-0.2, 0) is 0 Å². The maximum atomic E-state index is 13.0. The van der Waals surface area contributed by atoms with Crippen molar-refractivity contribution in [3.8, 4) is 0 Å². The standard InChI is InChI=1S/C12H22FNO2/c1-7-11(15)10(14-12(7)16)6-8-2-4-9(13)5-3-8/h7-12,14-16H,2-6H2,1H3/t7-,8?,9?,10?,11?,12?/m1/s1. The second-order valence-electron chi connectivity index (χ2n) is 5.42. The van der Waals surface area contributed by atoms with Crippen LogP contribution in [0.25, 0.3) is 0 Å².